The van der Waals surface area contributed by atoms with Crippen molar-refractivity contribution in [2.24, 2.45) is 0 Å². The van der Waals surface area contributed by atoms with Crippen LogP contribution in [-0.2, 0) is 6.42 Å². The summed E-state index contributed by atoms with van der Waals surface area (Å²) < 4.78 is 14.9. The second kappa shape index (κ2) is 5.79. The average molecular weight is 313 g/mol. The van der Waals surface area contributed by atoms with Crippen molar-refractivity contribution < 1.29 is 9.31 Å². The van der Waals surface area contributed by atoms with E-state index in [2.05, 4.69) is 4.98 Å². The number of hydrogen-bond donors (Lipinski definition) is 0. The number of non-ortho nitro benzene ring substituents is 1. The Bertz CT molecular complexity index is 869. The highest BCUT2D eigenvalue weighted by molar-refractivity contribution is 5.86. The molecule has 0 aliphatic carbocycles. The van der Waals surface area contributed by atoms with E-state index < -0.39 is 4.92 Å². The summed E-state index contributed by atoms with van der Waals surface area (Å²) in [7, 11) is 0. The third-order valence-electron chi connectivity index (χ3n) is 3.79. The number of imidazole rings is 1. The first-order chi connectivity index (χ1) is 11.0. The van der Waals surface area contributed by atoms with Gasteiger partial charge >= 0.3 is 0 Å². The fourth-order valence-corrected chi connectivity index (χ4v) is 2.66. The molecule has 3 aromatic rings. The number of halogens is 1. The summed E-state index contributed by atoms with van der Waals surface area (Å²) in [6.45, 7) is 4.00. The molecule has 5 nitrogen and oxygen atoms in total. The number of benzene rings is 2. The van der Waals surface area contributed by atoms with Crippen molar-refractivity contribution in [3.05, 3.63) is 69.8 Å². The molecule has 0 bridgehead atoms. The van der Waals surface area contributed by atoms with E-state index in [4.69, 9.17) is 0 Å². The Morgan fingerprint density at radius 1 is 1.22 bits per heavy atom. The van der Waals surface area contributed by atoms with Crippen LogP contribution in [-0.4, -0.2) is 14.5 Å². The van der Waals surface area contributed by atoms with Gasteiger partial charge in [-0.05, 0) is 49.6 Å². The first-order valence-corrected chi connectivity index (χ1v) is 7.34. The molecule has 1 aromatic heterocycles. The fourth-order valence-electron chi connectivity index (χ4n) is 2.66. The Morgan fingerprint density at radius 3 is 2.52 bits per heavy atom. The van der Waals surface area contributed by atoms with Crippen molar-refractivity contribution in [1.29, 1.82) is 0 Å². The van der Waals surface area contributed by atoms with Gasteiger partial charge in [0, 0.05) is 12.1 Å². The van der Waals surface area contributed by atoms with Gasteiger partial charge in [-0.25, -0.2) is 9.37 Å². The summed E-state index contributed by atoms with van der Waals surface area (Å²) in [5, 5.41) is 11.4. The van der Waals surface area contributed by atoms with E-state index in [1.165, 1.54) is 12.1 Å². The van der Waals surface area contributed by atoms with Crippen LogP contribution in [0.2, 0.25) is 0 Å². The van der Waals surface area contributed by atoms with E-state index in [1.54, 1.807) is 24.5 Å². The van der Waals surface area contributed by atoms with Crippen molar-refractivity contribution in [2.75, 3.05) is 0 Å². The minimum absolute atomic E-state index is 0.000915. The monoisotopic (exact) mass is 313 g/mol. The largest absolute Gasteiger partial charge is 0.328 e. The zero-order valence-corrected chi connectivity index (χ0v) is 12.9. The van der Waals surface area contributed by atoms with Crippen LogP contribution in [0.25, 0.3) is 11.0 Å². The third kappa shape index (κ3) is 2.92. The predicted molar refractivity (Wildman–Crippen MR) is 86.0 cm³/mol. The summed E-state index contributed by atoms with van der Waals surface area (Å²) in [6, 6.07) is 9.76. The van der Waals surface area contributed by atoms with Crippen LogP contribution >= 0.6 is 0 Å². The molecule has 0 atom stereocenters. The lowest BCUT2D eigenvalue weighted by molar-refractivity contribution is -0.383. The maximum absolute atomic E-state index is 13.0. The predicted octanol–water partition coefficient (Wildman–Crippen LogP) is 4.26. The van der Waals surface area contributed by atoms with Crippen LogP contribution in [0.15, 0.2) is 42.7 Å². The Morgan fingerprint density at radius 2 is 1.91 bits per heavy atom. The molecule has 0 unspecified atom stereocenters. The van der Waals surface area contributed by atoms with Gasteiger partial charge in [0.15, 0.2) is 5.52 Å². The van der Waals surface area contributed by atoms with Crippen LogP contribution < -0.4 is 0 Å². The zero-order valence-electron chi connectivity index (χ0n) is 12.9. The standard InChI is InChI=1S/C17H16FN3O2/c1-11(2)20-10-19-17-15(20)8-13(9-16(17)21(22)23)7-12-3-5-14(18)6-4-12/h3-6,8-11H,7H2,1-2H3. The smallest absolute Gasteiger partial charge is 0.297 e. The van der Waals surface area contributed by atoms with E-state index in [1.807, 2.05) is 24.5 Å². The lowest BCUT2D eigenvalue weighted by Crippen LogP contribution is -2.00. The Labute approximate surface area is 132 Å². The maximum Gasteiger partial charge on any atom is 0.297 e. The molecule has 0 radical (unpaired) electrons. The maximum atomic E-state index is 13.0. The van der Waals surface area contributed by atoms with Gasteiger partial charge in [-0.15, -0.1) is 0 Å². The lowest BCUT2D eigenvalue weighted by Gasteiger charge is -2.09. The quantitative estimate of drug-likeness (QED) is 0.534. The second-order valence-corrected chi connectivity index (χ2v) is 5.79. The highest BCUT2D eigenvalue weighted by Crippen LogP contribution is 2.29. The fraction of sp³-hybridized carbons (Fsp3) is 0.235. The molecule has 118 valence electrons. The summed E-state index contributed by atoms with van der Waals surface area (Å²) in [6.07, 6.45) is 2.13. The van der Waals surface area contributed by atoms with Crippen LogP contribution in [0, 0.1) is 15.9 Å². The van der Waals surface area contributed by atoms with Gasteiger partial charge in [-0.3, -0.25) is 10.1 Å². The molecule has 0 saturated heterocycles. The Kier molecular flexibility index (Phi) is 3.82. The van der Waals surface area contributed by atoms with Gasteiger partial charge in [0.2, 0.25) is 0 Å². The number of nitro groups is 1. The molecule has 6 heteroatoms. The first kappa shape index (κ1) is 15.1. The molecule has 0 saturated carbocycles. The van der Waals surface area contributed by atoms with Crippen LogP contribution in [0.3, 0.4) is 0 Å². The van der Waals surface area contributed by atoms with Crippen molar-refractivity contribution in [2.45, 2.75) is 26.3 Å². The van der Waals surface area contributed by atoms with E-state index in [0.717, 1.165) is 16.6 Å². The first-order valence-electron chi connectivity index (χ1n) is 7.34. The topological polar surface area (TPSA) is 61.0 Å². The van der Waals surface area contributed by atoms with Gasteiger partial charge in [0.25, 0.3) is 5.69 Å². The number of rotatable bonds is 4. The molecule has 23 heavy (non-hydrogen) atoms. The van der Waals surface area contributed by atoms with E-state index >= 15 is 0 Å². The van der Waals surface area contributed by atoms with Gasteiger partial charge in [-0.2, -0.15) is 0 Å². The number of aromatic nitrogens is 2. The van der Waals surface area contributed by atoms with Crippen molar-refractivity contribution in [1.82, 2.24) is 9.55 Å². The second-order valence-electron chi connectivity index (χ2n) is 5.79. The minimum Gasteiger partial charge on any atom is -0.328 e. The van der Waals surface area contributed by atoms with Gasteiger partial charge in [0.05, 0.1) is 16.8 Å². The van der Waals surface area contributed by atoms with Crippen molar-refractivity contribution in [3.8, 4) is 0 Å². The Balaban J connectivity index is 2.11. The molecule has 0 aliphatic heterocycles. The number of nitrogens with zero attached hydrogens (tertiary/aromatic N) is 3. The molecule has 0 amide bonds. The van der Waals surface area contributed by atoms with Gasteiger partial charge < -0.3 is 4.57 Å². The SMILES string of the molecule is CC(C)n1cnc2c([N+](=O)[O-])cc(Cc3ccc(F)cc3)cc21. The number of hydrogen-bond acceptors (Lipinski definition) is 3. The normalized spacial score (nSPS) is 11.3. The Hall–Kier alpha value is -2.76. The molecule has 0 fully saturated rings. The van der Waals surface area contributed by atoms with Crippen LogP contribution in [0.5, 0.6) is 0 Å². The van der Waals surface area contributed by atoms with Crippen molar-refractivity contribution in [3.63, 3.8) is 0 Å². The lowest BCUT2D eigenvalue weighted by atomic mass is 10.0. The average Bonchev–Trinajstić information content (AvgIpc) is 2.92. The highest BCUT2D eigenvalue weighted by Gasteiger charge is 2.19. The highest BCUT2D eigenvalue weighted by atomic mass is 19.1. The zero-order chi connectivity index (χ0) is 16.6. The summed E-state index contributed by atoms with van der Waals surface area (Å²) in [4.78, 5) is 15.1. The summed E-state index contributed by atoms with van der Waals surface area (Å²) in [5.41, 5.74) is 2.84. The molecular formula is C17H16FN3O2. The van der Waals surface area contributed by atoms with Crippen molar-refractivity contribution >= 4 is 16.7 Å². The molecule has 0 spiro atoms. The van der Waals surface area contributed by atoms with Crippen LogP contribution in [0.4, 0.5) is 10.1 Å². The van der Waals surface area contributed by atoms with E-state index in [0.29, 0.717) is 11.9 Å². The molecular weight excluding hydrogens is 297 g/mol. The third-order valence-corrected chi connectivity index (χ3v) is 3.79. The summed E-state index contributed by atoms with van der Waals surface area (Å²) in [5.74, 6) is -0.298. The molecule has 0 aliphatic rings. The van der Waals surface area contributed by atoms with Gasteiger partial charge in [-0.1, -0.05) is 12.1 Å². The van der Waals surface area contributed by atoms with E-state index in [-0.39, 0.29) is 17.5 Å². The van der Waals surface area contributed by atoms with Crippen LogP contribution in [0.1, 0.15) is 31.0 Å². The van der Waals surface area contributed by atoms with Gasteiger partial charge in [0.1, 0.15) is 5.82 Å². The summed E-state index contributed by atoms with van der Waals surface area (Å²) >= 11 is 0. The molecule has 1 heterocycles. The van der Waals surface area contributed by atoms with E-state index in [9.17, 15) is 14.5 Å². The minimum atomic E-state index is -0.409. The number of fused-ring (bicyclic) bond motifs is 1. The molecule has 3 rings (SSSR count). The molecule has 2 aromatic carbocycles. The number of nitro benzene ring substituents is 1. The molecule has 0 N–H and O–H groups in total.